The second kappa shape index (κ2) is 11.3. The summed E-state index contributed by atoms with van der Waals surface area (Å²) in [6.07, 6.45) is 0.860. The lowest BCUT2D eigenvalue weighted by Crippen LogP contribution is -2.37. The van der Waals surface area contributed by atoms with E-state index in [1.54, 1.807) is 43.3 Å². The van der Waals surface area contributed by atoms with Crippen LogP contribution in [0, 0.1) is 11.6 Å². The standard InChI is InChI=1S/C27H28F2N2O3/c1-2-33-27(32)25-9-5-6-21(30-25)18-31-16-14-22(15-17-31)34-26(19-10-12-20(28)13-11-19)23-7-3-4-8-24(23)29/h3-13,22,26H,2,14-18H2,1H3. The lowest BCUT2D eigenvalue weighted by atomic mass is 9.99. The predicted octanol–water partition coefficient (Wildman–Crippen LogP) is 5.31. The Morgan fingerprint density at radius 1 is 1.03 bits per heavy atom. The molecule has 178 valence electrons. The summed E-state index contributed by atoms with van der Waals surface area (Å²) in [5.41, 5.74) is 2.27. The number of benzene rings is 2. The molecule has 4 rings (SSSR count). The molecular formula is C27H28F2N2O3. The quantitative estimate of drug-likeness (QED) is 0.422. The van der Waals surface area contributed by atoms with Gasteiger partial charge in [0, 0.05) is 25.2 Å². The molecule has 0 radical (unpaired) electrons. The van der Waals surface area contributed by atoms with Crippen molar-refractivity contribution < 1.29 is 23.0 Å². The van der Waals surface area contributed by atoms with Gasteiger partial charge >= 0.3 is 5.97 Å². The number of halogens is 2. The predicted molar refractivity (Wildman–Crippen MR) is 124 cm³/mol. The van der Waals surface area contributed by atoms with Gasteiger partial charge in [-0.15, -0.1) is 0 Å². The maximum absolute atomic E-state index is 14.6. The molecule has 0 N–H and O–H groups in total. The number of pyridine rings is 1. The minimum Gasteiger partial charge on any atom is -0.461 e. The van der Waals surface area contributed by atoms with Crippen LogP contribution < -0.4 is 0 Å². The zero-order valence-corrected chi connectivity index (χ0v) is 19.1. The lowest BCUT2D eigenvalue weighted by Gasteiger charge is -2.34. The number of rotatable bonds is 8. The molecule has 1 aliphatic rings. The van der Waals surface area contributed by atoms with Crippen LogP contribution in [0.25, 0.3) is 0 Å². The molecule has 5 nitrogen and oxygen atoms in total. The van der Waals surface area contributed by atoms with Gasteiger partial charge in [-0.25, -0.2) is 18.6 Å². The van der Waals surface area contributed by atoms with Gasteiger partial charge in [0.1, 0.15) is 23.4 Å². The normalized spacial score (nSPS) is 15.7. The Kier molecular flexibility index (Phi) is 7.98. The molecule has 0 bridgehead atoms. The minimum absolute atomic E-state index is 0.0651. The first-order valence-electron chi connectivity index (χ1n) is 11.5. The molecule has 7 heteroatoms. The summed E-state index contributed by atoms with van der Waals surface area (Å²) in [5.74, 6) is -1.11. The van der Waals surface area contributed by atoms with Gasteiger partial charge in [0.15, 0.2) is 0 Å². The van der Waals surface area contributed by atoms with E-state index < -0.39 is 12.1 Å². The number of likely N-dealkylation sites (tertiary alicyclic amines) is 1. The van der Waals surface area contributed by atoms with E-state index in [2.05, 4.69) is 9.88 Å². The van der Waals surface area contributed by atoms with Crippen molar-refractivity contribution in [2.24, 2.45) is 0 Å². The summed E-state index contributed by atoms with van der Waals surface area (Å²) in [4.78, 5) is 18.6. The van der Waals surface area contributed by atoms with Crippen LogP contribution >= 0.6 is 0 Å². The van der Waals surface area contributed by atoms with E-state index in [1.807, 2.05) is 12.1 Å². The fourth-order valence-electron chi connectivity index (χ4n) is 4.17. The number of esters is 1. The third-order valence-electron chi connectivity index (χ3n) is 5.90. The molecule has 2 heterocycles. The molecule has 0 spiro atoms. The van der Waals surface area contributed by atoms with Gasteiger partial charge < -0.3 is 9.47 Å². The molecule has 1 fully saturated rings. The highest BCUT2D eigenvalue weighted by Gasteiger charge is 2.26. The van der Waals surface area contributed by atoms with Gasteiger partial charge in [0.25, 0.3) is 0 Å². The minimum atomic E-state index is -0.610. The largest absolute Gasteiger partial charge is 0.461 e. The Balaban J connectivity index is 1.40. The summed E-state index contributed by atoms with van der Waals surface area (Å²) < 4.78 is 39.5. The van der Waals surface area contributed by atoms with Crippen LogP contribution in [0.2, 0.25) is 0 Å². The van der Waals surface area contributed by atoms with Crippen molar-refractivity contribution in [1.29, 1.82) is 0 Å². The van der Waals surface area contributed by atoms with Gasteiger partial charge in [-0.05, 0) is 55.7 Å². The van der Waals surface area contributed by atoms with E-state index in [0.717, 1.165) is 31.6 Å². The number of carbonyl (C=O) groups excluding carboxylic acids is 1. The van der Waals surface area contributed by atoms with Gasteiger partial charge in [-0.2, -0.15) is 0 Å². The average molecular weight is 467 g/mol. The fourth-order valence-corrected chi connectivity index (χ4v) is 4.17. The van der Waals surface area contributed by atoms with Gasteiger partial charge in [-0.3, -0.25) is 4.90 Å². The average Bonchev–Trinajstić information content (AvgIpc) is 2.85. The monoisotopic (exact) mass is 466 g/mol. The maximum Gasteiger partial charge on any atom is 0.356 e. The maximum atomic E-state index is 14.6. The highest BCUT2D eigenvalue weighted by Crippen LogP contribution is 2.32. The van der Waals surface area contributed by atoms with Crippen LogP contribution in [0.1, 0.15) is 53.2 Å². The molecule has 1 unspecified atom stereocenters. The van der Waals surface area contributed by atoms with Crippen molar-refractivity contribution in [1.82, 2.24) is 9.88 Å². The third-order valence-corrected chi connectivity index (χ3v) is 5.90. The van der Waals surface area contributed by atoms with E-state index in [1.165, 1.54) is 18.2 Å². The summed E-state index contributed by atoms with van der Waals surface area (Å²) in [5, 5.41) is 0. The first-order chi connectivity index (χ1) is 16.5. The molecule has 0 aliphatic carbocycles. The molecule has 1 aromatic heterocycles. The number of nitrogens with zero attached hydrogens (tertiary/aromatic N) is 2. The van der Waals surface area contributed by atoms with Crippen LogP contribution in [0.4, 0.5) is 8.78 Å². The number of aromatic nitrogens is 1. The van der Waals surface area contributed by atoms with Crippen molar-refractivity contribution >= 4 is 5.97 Å². The molecule has 34 heavy (non-hydrogen) atoms. The number of piperidine rings is 1. The summed E-state index contributed by atoms with van der Waals surface area (Å²) >= 11 is 0. The van der Waals surface area contributed by atoms with Crippen LogP contribution in [-0.2, 0) is 16.0 Å². The molecule has 2 aromatic carbocycles. The topological polar surface area (TPSA) is 51.7 Å². The Morgan fingerprint density at radius 2 is 1.76 bits per heavy atom. The summed E-state index contributed by atoms with van der Waals surface area (Å²) in [6, 6.07) is 17.9. The van der Waals surface area contributed by atoms with E-state index in [0.29, 0.717) is 30.0 Å². The van der Waals surface area contributed by atoms with Crippen LogP contribution in [0.15, 0.2) is 66.7 Å². The van der Waals surface area contributed by atoms with Crippen LogP contribution in [0.3, 0.4) is 0 Å². The molecular weight excluding hydrogens is 438 g/mol. The SMILES string of the molecule is CCOC(=O)c1cccc(CN2CCC(OC(c3ccc(F)cc3)c3ccccc3F)CC2)n1. The van der Waals surface area contributed by atoms with Crippen LogP contribution in [-0.4, -0.2) is 41.7 Å². The molecule has 3 aromatic rings. The van der Waals surface area contributed by atoms with Crippen molar-refractivity contribution in [3.8, 4) is 0 Å². The summed E-state index contributed by atoms with van der Waals surface area (Å²) in [6.45, 7) is 4.26. The molecule has 0 amide bonds. The zero-order valence-electron chi connectivity index (χ0n) is 19.1. The summed E-state index contributed by atoms with van der Waals surface area (Å²) in [7, 11) is 0. The molecule has 1 atom stereocenters. The van der Waals surface area contributed by atoms with Crippen LogP contribution in [0.5, 0.6) is 0 Å². The number of hydrogen-bond donors (Lipinski definition) is 0. The van der Waals surface area contributed by atoms with Crippen molar-refractivity contribution in [3.05, 3.63) is 101 Å². The fraction of sp³-hybridized carbons (Fsp3) is 0.333. The smallest absolute Gasteiger partial charge is 0.356 e. The molecule has 1 aliphatic heterocycles. The van der Waals surface area contributed by atoms with Gasteiger partial charge in [-0.1, -0.05) is 36.4 Å². The molecule has 0 saturated carbocycles. The van der Waals surface area contributed by atoms with Gasteiger partial charge in [0.2, 0.25) is 0 Å². The Bertz CT molecular complexity index is 1100. The Hall–Kier alpha value is -3.16. The molecule has 1 saturated heterocycles. The second-order valence-corrected chi connectivity index (χ2v) is 8.30. The highest BCUT2D eigenvalue weighted by molar-refractivity contribution is 5.87. The van der Waals surface area contributed by atoms with Crippen molar-refractivity contribution in [2.45, 2.75) is 38.5 Å². The number of carbonyl (C=O) groups is 1. The third kappa shape index (κ3) is 6.04. The lowest BCUT2D eigenvalue weighted by molar-refractivity contribution is -0.0294. The number of hydrogen-bond acceptors (Lipinski definition) is 5. The van der Waals surface area contributed by atoms with E-state index >= 15 is 0 Å². The van der Waals surface area contributed by atoms with E-state index in [9.17, 15) is 13.6 Å². The Morgan fingerprint density at radius 3 is 2.47 bits per heavy atom. The highest BCUT2D eigenvalue weighted by atomic mass is 19.1. The van der Waals surface area contributed by atoms with E-state index in [-0.39, 0.29) is 17.7 Å². The first-order valence-corrected chi connectivity index (χ1v) is 11.5. The van der Waals surface area contributed by atoms with E-state index in [4.69, 9.17) is 9.47 Å². The number of ether oxygens (including phenoxy) is 2. The zero-order chi connectivity index (χ0) is 23.9. The second-order valence-electron chi connectivity index (χ2n) is 8.30. The first kappa shape index (κ1) is 24.0. The Labute approximate surface area is 198 Å². The van der Waals surface area contributed by atoms with Gasteiger partial charge in [0.05, 0.1) is 18.4 Å². The van der Waals surface area contributed by atoms with Crippen molar-refractivity contribution in [3.63, 3.8) is 0 Å². The van der Waals surface area contributed by atoms with Crippen molar-refractivity contribution in [2.75, 3.05) is 19.7 Å².